The van der Waals surface area contributed by atoms with Gasteiger partial charge in [0.2, 0.25) is 11.8 Å². The SMILES string of the molecule is CCCCC(CCC(CCC(CCC)C(C)=O)C(=O)NC)C(N)=O. The molecule has 0 rings (SSSR count). The van der Waals surface area contributed by atoms with Gasteiger partial charge in [0.05, 0.1) is 0 Å². The number of carbonyl (C=O) groups excluding carboxylic acids is 3. The number of amides is 2. The van der Waals surface area contributed by atoms with Gasteiger partial charge in [-0.15, -0.1) is 0 Å². The van der Waals surface area contributed by atoms with Crippen LogP contribution in [0.2, 0.25) is 0 Å². The van der Waals surface area contributed by atoms with Crippen molar-refractivity contribution >= 4 is 17.6 Å². The number of nitrogens with one attached hydrogen (secondary N) is 1. The van der Waals surface area contributed by atoms with Gasteiger partial charge in [-0.3, -0.25) is 14.4 Å². The normalized spacial score (nSPS) is 14.7. The zero-order valence-electron chi connectivity index (χ0n) is 15.9. The van der Waals surface area contributed by atoms with E-state index in [0.717, 1.165) is 38.5 Å². The van der Waals surface area contributed by atoms with Gasteiger partial charge in [-0.05, 0) is 45.4 Å². The summed E-state index contributed by atoms with van der Waals surface area (Å²) in [6, 6.07) is 0. The third-order valence-corrected chi connectivity index (χ3v) is 4.86. The Kier molecular flexibility index (Phi) is 12.2. The van der Waals surface area contributed by atoms with Gasteiger partial charge in [0.1, 0.15) is 5.78 Å². The Labute approximate surface area is 147 Å². The van der Waals surface area contributed by atoms with Crippen LogP contribution in [0, 0.1) is 17.8 Å². The van der Waals surface area contributed by atoms with E-state index in [1.54, 1.807) is 14.0 Å². The molecule has 0 fully saturated rings. The number of ketones is 1. The van der Waals surface area contributed by atoms with Crippen LogP contribution in [-0.4, -0.2) is 24.6 Å². The first-order valence-corrected chi connectivity index (χ1v) is 9.38. The highest BCUT2D eigenvalue weighted by Gasteiger charge is 2.24. The fourth-order valence-electron chi connectivity index (χ4n) is 3.19. The number of Topliss-reactive ketones (excluding diaryl/α,β-unsaturated/α-hetero) is 1. The monoisotopic (exact) mass is 340 g/mol. The number of nitrogens with two attached hydrogens (primary N) is 1. The molecule has 0 saturated carbocycles. The van der Waals surface area contributed by atoms with Crippen molar-refractivity contribution in [1.82, 2.24) is 5.32 Å². The Hall–Kier alpha value is -1.39. The molecule has 0 aromatic rings. The van der Waals surface area contributed by atoms with Crippen LogP contribution in [-0.2, 0) is 14.4 Å². The van der Waals surface area contributed by atoms with E-state index >= 15 is 0 Å². The predicted octanol–water partition coefficient (Wildman–Crippen LogP) is 3.21. The molecule has 0 aromatic carbocycles. The van der Waals surface area contributed by atoms with Crippen LogP contribution in [0.15, 0.2) is 0 Å². The third kappa shape index (κ3) is 9.04. The summed E-state index contributed by atoms with van der Waals surface area (Å²) in [6.07, 6.45) is 7.34. The minimum atomic E-state index is -0.272. The van der Waals surface area contributed by atoms with Gasteiger partial charge in [0, 0.05) is 24.8 Å². The second kappa shape index (κ2) is 13.0. The van der Waals surface area contributed by atoms with Crippen molar-refractivity contribution in [2.75, 3.05) is 7.05 Å². The molecule has 5 nitrogen and oxygen atoms in total. The molecule has 24 heavy (non-hydrogen) atoms. The molecule has 2 amide bonds. The first-order valence-electron chi connectivity index (χ1n) is 9.38. The van der Waals surface area contributed by atoms with E-state index in [2.05, 4.69) is 19.2 Å². The first kappa shape index (κ1) is 22.6. The number of hydrogen-bond acceptors (Lipinski definition) is 3. The average Bonchev–Trinajstić information content (AvgIpc) is 2.54. The van der Waals surface area contributed by atoms with E-state index < -0.39 is 0 Å². The van der Waals surface area contributed by atoms with E-state index in [0.29, 0.717) is 19.3 Å². The molecule has 5 heteroatoms. The lowest BCUT2D eigenvalue weighted by atomic mass is 9.85. The van der Waals surface area contributed by atoms with Gasteiger partial charge in [0.15, 0.2) is 0 Å². The molecule has 140 valence electrons. The lowest BCUT2D eigenvalue weighted by molar-refractivity contribution is -0.127. The van der Waals surface area contributed by atoms with E-state index in [1.165, 1.54) is 0 Å². The van der Waals surface area contributed by atoms with E-state index in [-0.39, 0.29) is 35.4 Å². The minimum absolute atomic E-state index is 0.00693. The van der Waals surface area contributed by atoms with Gasteiger partial charge >= 0.3 is 0 Å². The van der Waals surface area contributed by atoms with Gasteiger partial charge in [-0.25, -0.2) is 0 Å². The largest absolute Gasteiger partial charge is 0.369 e. The molecular formula is C19H36N2O3. The molecular weight excluding hydrogens is 304 g/mol. The summed E-state index contributed by atoms with van der Waals surface area (Å²) in [5.41, 5.74) is 5.49. The van der Waals surface area contributed by atoms with Crippen LogP contribution in [0.3, 0.4) is 0 Å². The standard InChI is InChI=1S/C19H36N2O3/c1-5-7-9-16(18(20)23)11-13-17(19(24)21-4)12-10-15(8-6-2)14(3)22/h15-17H,5-13H2,1-4H3,(H2,20,23)(H,21,24). The summed E-state index contributed by atoms with van der Waals surface area (Å²) in [7, 11) is 1.63. The van der Waals surface area contributed by atoms with Crippen molar-refractivity contribution < 1.29 is 14.4 Å². The van der Waals surface area contributed by atoms with Gasteiger partial charge in [-0.2, -0.15) is 0 Å². The highest BCUT2D eigenvalue weighted by Crippen LogP contribution is 2.24. The fourth-order valence-corrected chi connectivity index (χ4v) is 3.19. The number of hydrogen-bond donors (Lipinski definition) is 2. The summed E-state index contributed by atoms with van der Waals surface area (Å²) in [6.45, 7) is 5.78. The zero-order valence-corrected chi connectivity index (χ0v) is 15.9. The Bertz CT molecular complexity index is 396. The van der Waals surface area contributed by atoms with Crippen molar-refractivity contribution in [2.24, 2.45) is 23.5 Å². The number of carbonyl (C=O) groups is 3. The number of rotatable bonds is 14. The molecule has 0 aliphatic carbocycles. The molecule has 0 heterocycles. The number of primary amides is 1. The van der Waals surface area contributed by atoms with E-state index in [1.807, 2.05) is 0 Å². The fraction of sp³-hybridized carbons (Fsp3) is 0.842. The summed E-state index contributed by atoms with van der Waals surface area (Å²) in [5.74, 6) is -0.354. The molecule has 0 spiro atoms. The van der Waals surface area contributed by atoms with Crippen molar-refractivity contribution in [2.45, 2.75) is 78.6 Å². The number of unbranched alkanes of at least 4 members (excludes halogenated alkanes) is 1. The summed E-state index contributed by atoms with van der Waals surface area (Å²) >= 11 is 0. The minimum Gasteiger partial charge on any atom is -0.369 e. The molecule has 0 radical (unpaired) electrons. The maximum atomic E-state index is 12.1. The molecule has 0 aliphatic heterocycles. The molecule has 3 unspecified atom stereocenters. The van der Waals surface area contributed by atoms with Crippen LogP contribution in [0.25, 0.3) is 0 Å². The molecule has 0 aromatic heterocycles. The molecule has 0 aliphatic rings. The quantitative estimate of drug-likeness (QED) is 0.509. The van der Waals surface area contributed by atoms with Crippen LogP contribution >= 0.6 is 0 Å². The van der Waals surface area contributed by atoms with Crippen LogP contribution in [0.1, 0.15) is 78.6 Å². The third-order valence-electron chi connectivity index (χ3n) is 4.86. The smallest absolute Gasteiger partial charge is 0.222 e. The van der Waals surface area contributed by atoms with Crippen molar-refractivity contribution in [3.05, 3.63) is 0 Å². The summed E-state index contributed by atoms with van der Waals surface area (Å²) < 4.78 is 0. The highest BCUT2D eigenvalue weighted by molar-refractivity contribution is 5.80. The van der Waals surface area contributed by atoms with E-state index in [9.17, 15) is 14.4 Å². The second-order valence-corrected chi connectivity index (χ2v) is 6.80. The first-order chi connectivity index (χ1) is 11.4. The topological polar surface area (TPSA) is 89.3 Å². The van der Waals surface area contributed by atoms with Crippen LogP contribution in [0.4, 0.5) is 0 Å². The molecule has 0 saturated heterocycles. The zero-order chi connectivity index (χ0) is 18.5. The van der Waals surface area contributed by atoms with E-state index in [4.69, 9.17) is 5.73 Å². The average molecular weight is 341 g/mol. The maximum Gasteiger partial charge on any atom is 0.222 e. The Balaban J connectivity index is 4.67. The summed E-state index contributed by atoms with van der Waals surface area (Å²) in [4.78, 5) is 35.4. The second-order valence-electron chi connectivity index (χ2n) is 6.80. The van der Waals surface area contributed by atoms with Gasteiger partial charge in [0.25, 0.3) is 0 Å². The van der Waals surface area contributed by atoms with Crippen molar-refractivity contribution in [3.63, 3.8) is 0 Å². The Morgan fingerprint density at radius 3 is 1.79 bits per heavy atom. The lowest BCUT2D eigenvalue weighted by Crippen LogP contribution is -2.30. The Morgan fingerprint density at radius 2 is 1.38 bits per heavy atom. The predicted molar refractivity (Wildman–Crippen MR) is 97.3 cm³/mol. The lowest BCUT2D eigenvalue weighted by Gasteiger charge is -2.21. The molecule has 3 N–H and O–H groups in total. The summed E-state index contributed by atoms with van der Waals surface area (Å²) in [5, 5.41) is 2.71. The molecule has 3 atom stereocenters. The Morgan fingerprint density at radius 1 is 0.833 bits per heavy atom. The molecule has 0 bridgehead atoms. The van der Waals surface area contributed by atoms with Crippen molar-refractivity contribution in [1.29, 1.82) is 0 Å². The maximum absolute atomic E-state index is 12.1. The van der Waals surface area contributed by atoms with Crippen LogP contribution < -0.4 is 11.1 Å². The highest BCUT2D eigenvalue weighted by atomic mass is 16.2. The van der Waals surface area contributed by atoms with Crippen LogP contribution in [0.5, 0.6) is 0 Å². The van der Waals surface area contributed by atoms with Gasteiger partial charge < -0.3 is 11.1 Å². The van der Waals surface area contributed by atoms with Crippen molar-refractivity contribution in [3.8, 4) is 0 Å². The van der Waals surface area contributed by atoms with Gasteiger partial charge in [-0.1, -0.05) is 33.1 Å².